The number of ether oxygens (including phenoxy) is 2. The van der Waals surface area contributed by atoms with Gasteiger partial charge in [0.1, 0.15) is 17.9 Å². The molecule has 1 saturated heterocycles. The summed E-state index contributed by atoms with van der Waals surface area (Å²) in [7, 11) is 1.91. The van der Waals surface area contributed by atoms with Gasteiger partial charge in [0.25, 0.3) is 0 Å². The number of carbonyl (C=O) groups excluding carboxylic acids is 2. The highest BCUT2D eigenvalue weighted by Gasteiger charge is 2.64. The molecule has 2 aliphatic carbocycles. The van der Waals surface area contributed by atoms with Gasteiger partial charge in [0.2, 0.25) is 5.91 Å². The van der Waals surface area contributed by atoms with Gasteiger partial charge in [-0.05, 0) is 74.6 Å². The monoisotopic (exact) mass is 603 g/mol. The van der Waals surface area contributed by atoms with E-state index >= 15 is 0 Å². The fourth-order valence-electron chi connectivity index (χ4n) is 8.74. The van der Waals surface area contributed by atoms with Crippen LogP contribution in [0.3, 0.4) is 0 Å². The molecule has 6 nitrogen and oxygen atoms in total. The van der Waals surface area contributed by atoms with Crippen molar-refractivity contribution in [1.82, 2.24) is 5.32 Å². The molecule has 240 valence electrons. The van der Waals surface area contributed by atoms with Gasteiger partial charge < -0.3 is 19.3 Å². The molecule has 0 spiro atoms. The summed E-state index contributed by atoms with van der Waals surface area (Å²) in [6.07, 6.45) is 11.1. The average Bonchev–Trinajstić information content (AvgIpc) is 3.81. The Kier molecular flexibility index (Phi) is 10.5. The first-order valence-electron chi connectivity index (χ1n) is 17.2. The number of piperidine rings is 1. The summed E-state index contributed by atoms with van der Waals surface area (Å²) in [5.74, 6) is 1.90. The van der Waals surface area contributed by atoms with Crippen molar-refractivity contribution in [2.24, 2.45) is 11.8 Å². The summed E-state index contributed by atoms with van der Waals surface area (Å²) >= 11 is 0. The van der Waals surface area contributed by atoms with Crippen LogP contribution in [0.5, 0.6) is 5.75 Å². The Morgan fingerprint density at radius 2 is 1.80 bits per heavy atom. The van der Waals surface area contributed by atoms with Crippen molar-refractivity contribution in [2.75, 3.05) is 33.3 Å². The fourth-order valence-corrected chi connectivity index (χ4v) is 8.74. The highest BCUT2D eigenvalue weighted by molar-refractivity contribution is 5.76. The average molecular weight is 604 g/mol. The van der Waals surface area contributed by atoms with Crippen molar-refractivity contribution in [3.63, 3.8) is 0 Å². The number of hydrogen-bond donors (Lipinski definition) is 1. The van der Waals surface area contributed by atoms with Gasteiger partial charge in [0.05, 0.1) is 19.6 Å². The number of quaternary nitrogens is 1. The molecule has 2 aromatic rings. The molecule has 0 radical (unpaired) electrons. The van der Waals surface area contributed by atoms with Gasteiger partial charge in [0.15, 0.2) is 0 Å². The van der Waals surface area contributed by atoms with Crippen LogP contribution in [0.4, 0.5) is 0 Å². The Bertz CT molecular complexity index is 1250. The molecule has 1 N–H and O–H groups in total. The quantitative estimate of drug-likeness (QED) is 0.109. The second kappa shape index (κ2) is 14.2. The molecule has 4 atom stereocenters. The molecule has 5 rings (SSSR count). The first-order valence-corrected chi connectivity index (χ1v) is 17.2. The molecule has 0 bridgehead atoms. The third kappa shape index (κ3) is 7.74. The minimum Gasteiger partial charge on any atom is -0.427 e. The number of aryl methyl sites for hydroxylation is 1. The van der Waals surface area contributed by atoms with Crippen molar-refractivity contribution >= 4 is 11.9 Å². The number of nitrogens with one attached hydrogen (secondary N) is 1. The van der Waals surface area contributed by atoms with Gasteiger partial charge >= 0.3 is 5.97 Å². The highest BCUT2D eigenvalue weighted by Crippen LogP contribution is 2.56. The topological polar surface area (TPSA) is 64.6 Å². The number of carbonyl (C=O) groups is 2. The minimum atomic E-state index is -0.345. The van der Waals surface area contributed by atoms with Crippen molar-refractivity contribution < 1.29 is 23.5 Å². The smallest absolute Gasteiger partial charge is 0.308 e. The van der Waals surface area contributed by atoms with E-state index in [4.69, 9.17) is 9.47 Å². The summed E-state index contributed by atoms with van der Waals surface area (Å²) in [4.78, 5) is 25.1. The SMILES string of the molecule is COC12CC[C@@H](NC(=O)CCCCCc3ccccc3)C[C@@]1(c1cccc(OC(C)=O)c1)CC[N@+](CC(C)C)(CC1CC1)C2. The van der Waals surface area contributed by atoms with Crippen molar-refractivity contribution in [3.05, 3.63) is 65.7 Å². The van der Waals surface area contributed by atoms with Crippen LogP contribution in [-0.2, 0) is 26.2 Å². The van der Waals surface area contributed by atoms with Crippen LogP contribution in [0, 0.1) is 11.8 Å². The Labute approximate surface area is 265 Å². The number of methoxy groups -OCH3 is 1. The maximum Gasteiger partial charge on any atom is 0.308 e. The van der Waals surface area contributed by atoms with Gasteiger partial charge in [0, 0.05) is 50.2 Å². The lowest BCUT2D eigenvalue weighted by molar-refractivity contribution is -0.945. The normalized spacial score (nSPS) is 28.3. The number of rotatable bonds is 14. The van der Waals surface area contributed by atoms with Crippen LogP contribution >= 0.6 is 0 Å². The summed E-state index contributed by atoms with van der Waals surface area (Å²) < 4.78 is 13.4. The molecule has 1 unspecified atom stereocenters. The van der Waals surface area contributed by atoms with E-state index in [9.17, 15) is 9.59 Å². The molecule has 1 heterocycles. The maximum absolute atomic E-state index is 13.2. The standard InChI is InChI=1S/C38H54N2O4/c1-29(2)26-40(27-32-18-19-32)23-22-37(33-15-11-16-35(24-33)44-30(3)41)25-34(20-21-38(37,28-40)43-4)39-36(42)17-10-6-9-14-31-12-7-5-8-13-31/h5,7-8,11-13,15-16,24,29,32,34H,6,9-10,14,17-23,25-28H2,1-4H3/p+1/t34-,37-,38?,40+/m1/s1. The fraction of sp³-hybridized carbons (Fsp3) is 0.632. The molecule has 1 aliphatic heterocycles. The lowest BCUT2D eigenvalue weighted by Gasteiger charge is -2.62. The largest absolute Gasteiger partial charge is 0.427 e. The molecule has 0 aromatic heterocycles. The van der Waals surface area contributed by atoms with Gasteiger partial charge in [-0.1, -0.05) is 62.7 Å². The Balaban J connectivity index is 1.33. The van der Waals surface area contributed by atoms with Crippen LogP contribution in [0.1, 0.15) is 96.1 Å². The van der Waals surface area contributed by atoms with Crippen LogP contribution in [-0.4, -0.2) is 61.3 Å². The molecule has 2 aromatic carbocycles. The molecule has 6 heteroatoms. The lowest BCUT2D eigenvalue weighted by atomic mass is 9.54. The Morgan fingerprint density at radius 3 is 2.50 bits per heavy atom. The zero-order chi connectivity index (χ0) is 31.2. The van der Waals surface area contributed by atoms with E-state index in [-0.39, 0.29) is 28.9 Å². The number of esters is 1. The van der Waals surface area contributed by atoms with Gasteiger partial charge in [-0.15, -0.1) is 0 Å². The number of amides is 1. The summed E-state index contributed by atoms with van der Waals surface area (Å²) in [6, 6.07) is 18.8. The van der Waals surface area contributed by atoms with Gasteiger partial charge in [-0.3, -0.25) is 9.59 Å². The minimum absolute atomic E-state index is 0.0982. The number of likely N-dealkylation sites (tertiary alicyclic amines) is 1. The second-order valence-corrected chi connectivity index (χ2v) is 14.6. The summed E-state index contributed by atoms with van der Waals surface area (Å²) in [5.41, 5.74) is 1.92. The van der Waals surface area contributed by atoms with Crippen molar-refractivity contribution in [1.29, 1.82) is 0 Å². The van der Waals surface area contributed by atoms with E-state index in [2.05, 4.69) is 61.6 Å². The molecule has 3 aliphatic rings. The molecule has 3 fully saturated rings. The third-order valence-electron chi connectivity index (χ3n) is 10.7. The number of benzene rings is 2. The molecular weight excluding hydrogens is 548 g/mol. The van der Waals surface area contributed by atoms with Crippen LogP contribution in [0.15, 0.2) is 54.6 Å². The van der Waals surface area contributed by atoms with E-state index < -0.39 is 0 Å². The molecular formula is C38H55N2O4+. The summed E-state index contributed by atoms with van der Waals surface area (Å²) in [5, 5.41) is 3.45. The molecule has 1 amide bonds. The maximum atomic E-state index is 13.2. The van der Waals surface area contributed by atoms with Gasteiger partial charge in [-0.2, -0.15) is 0 Å². The predicted molar refractivity (Wildman–Crippen MR) is 175 cm³/mol. The highest BCUT2D eigenvalue weighted by atomic mass is 16.5. The molecule has 2 saturated carbocycles. The van der Waals surface area contributed by atoms with E-state index in [1.54, 1.807) is 0 Å². The number of hydrogen-bond acceptors (Lipinski definition) is 4. The number of fused-ring (bicyclic) bond motifs is 1. The number of unbranched alkanes of at least 4 members (excludes halogenated alkanes) is 2. The first kappa shape index (κ1) is 32.7. The van der Waals surface area contributed by atoms with Crippen LogP contribution < -0.4 is 10.1 Å². The van der Waals surface area contributed by atoms with Crippen LogP contribution in [0.2, 0.25) is 0 Å². The molecule has 44 heavy (non-hydrogen) atoms. The number of nitrogens with zero attached hydrogens (tertiary/aromatic N) is 1. The Morgan fingerprint density at radius 1 is 1.00 bits per heavy atom. The van der Waals surface area contributed by atoms with E-state index in [1.807, 2.05) is 19.2 Å². The lowest BCUT2D eigenvalue weighted by Crippen LogP contribution is -2.73. The predicted octanol–water partition coefficient (Wildman–Crippen LogP) is 6.99. The van der Waals surface area contributed by atoms with Crippen LogP contribution in [0.25, 0.3) is 0 Å². The second-order valence-electron chi connectivity index (χ2n) is 14.6. The van der Waals surface area contributed by atoms with Crippen molar-refractivity contribution in [3.8, 4) is 5.75 Å². The zero-order valence-corrected chi connectivity index (χ0v) is 27.6. The van der Waals surface area contributed by atoms with E-state index in [0.717, 1.165) is 74.9 Å². The zero-order valence-electron chi connectivity index (χ0n) is 27.6. The van der Waals surface area contributed by atoms with E-state index in [1.165, 1.54) is 44.0 Å². The Hall–Kier alpha value is -2.70. The summed E-state index contributed by atoms with van der Waals surface area (Å²) in [6.45, 7) is 10.7. The van der Waals surface area contributed by atoms with Gasteiger partial charge in [-0.25, -0.2) is 0 Å². The van der Waals surface area contributed by atoms with Crippen molar-refractivity contribution in [2.45, 2.75) is 108 Å². The van der Waals surface area contributed by atoms with E-state index in [0.29, 0.717) is 18.1 Å². The first-order chi connectivity index (χ1) is 21.2. The third-order valence-corrected chi connectivity index (χ3v) is 10.7.